The molecule has 0 spiro atoms. The lowest BCUT2D eigenvalue weighted by Crippen LogP contribution is -2.17. The molecule has 0 N–H and O–H groups in total. The molecule has 0 atom stereocenters. The van der Waals surface area contributed by atoms with Gasteiger partial charge in [0.15, 0.2) is 0 Å². The molecule has 23 heavy (non-hydrogen) atoms. The predicted molar refractivity (Wildman–Crippen MR) is 80.9 cm³/mol. The third kappa shape index (κ3) is 4.85. The summed E-state index contributed by atoms with van der Waals surface area (Å²) in [6, 6.07) is 4.38. The van der Waals surface area contributed by atoms with Gasteiger partial charge < -0.3 is 9.47 Å². The lowest BCUT2D eigenvalue weighted by molar-refractivity contribution is -0.274. The van der Waals surface area contributed by atoms with Crippen molar-refractivity contribution in [1.29, 1.82) is 0 Å². The molecule has 1 aromatic heterocycles. The van der Waals surface area contributed by atoms with Crippen LogP contribution >= 0.6 is 0 Å². The molecule has 4 nitrogen and oxygen atoms in total. The molecule has 0 fully saturated rings. The molecule has 1 heterocycles. The monoisotopic (exact) mass is 326 g/mol. The minimum Gasteiger partial charge on any atom is -0.405 e. The van der Waals surface area contributed by atoms with Crippen LogP contribution in [0.15, 0.2) is 37.2 Å². The van der Waals surface area contributed by atoms with Crippen LogP contribution in [0.4, 0.5) is 13.2 Å². The first-order valence-corrected chi connectivity index (χ1v) is 6.97. The van der Waals surface area contributed by atoms with Crippen LogP contribution in [0.25, 0.3) is 17.2 Å². The van der Waals surface area contributed by atoms with Crippen molar-refractivity contribution in [3.63, 3.8) is 0 Å². The molecule has 0 saturated carbocycles. The smallest absolute Gasteiger partial charge is 0.405 e. The maximum absolute atomic E-state index is 12.6. The number of halogens is 3. The number of methoxy groups -OCH3 is 1. The molecular weight excluding hydrogens is 309 g/mol. The Bertz CT molecular complexity index is 666. The molecule has 2 rings (SSSR count). The van der Waals surface area contributed by atoms with Gasteiger partial charge >= 0.3 is 6.36 Å². The summed E-state index contributed by atoms with van der Waals surface area (Å²) in [6.07, 6.45) is 0.762. The molecule has 0 radical (unpaired) electrons. The Morgan fingerprint density at radius 1 is 1.35 bits per heavy atom. The molecule has 0 saturated heterocycles. The van der Waals surface area contributed by atoms with E-state index < -0.39 is 6.36 Å². The van der Waals surface area contributed by atoms with Gasteiger partial charge in [-0.05, 0) is 24.1 Å². The Labute approximate surface area is 132 Å². The first kappa shape index (κ1) is 17.1. The second-order valence-corrected chi connectivity index (χ2v) is 4.85. The number of aromatic nitrogens is 2. The van der Waals surface area contributed by atoms with E-state index in [1.54, 1.807) is 30.1 Å². The van der Waals surface area contributed by atoms with E-state index in [2.05, 4.69) is 16.4 Å². The number of hydrogen-bond donors (Lipinski definition) is 0. The van der Waals surface area contributed by atoms with Gasteiger partial charge in [0.1, 0.15) is 5.75 Å². The Hall–Kier alpha value is -2.28. The fourth-order valence-electron chi connectivity index (χ4n) is 2.11. The van der Waals surface area contributed by atoms with Crippen LogP contribution in [0.1, 0.15) is 12.0 Å². The van der Waals surface area contributed by atoms with E-state index in [-0.39, 0.29) is 5.75 Å². The molecular formula is C16H17F3N2O2. The molecule has 0 aliphatic heterocycles. The quantitative estimate of drug-likeness (QED) is 0.718. The van der Waals surface area contributed by atoms with Crippen molar-refractivity contribution in [2.75, 3.05) is 13.7 Å². The van der Waals surface area contributed by atoms with Crippen LogP contribution in [0, 0.1) is 0 Å². The fourth-order valence-corrected chi connectivity index (χ4v) is 2.11. The number of rotatable bonds is 7. The van der Waals surface area contributed by atoms with Crippen LogP contribution in [-0.4, -0.2) is 29.9 Å². The lowest BCUT2D eigenvalue weighted by atomic mass is 10.0. The summed E-state index contributed by atoms with van der Waals surface area (Å²) < 4.78 is 48.4. The number of ether oxygens (including phenoxy) is 2. The van der Waals surface area contributed by atoms with Crippen molar-refractivity contribution >= 4 is 6.08 Å². The van der Waals surface area contributed by atoms with Crippen LogP contribution in [0.5, 0.6) is 5.75 Å². The van der Waals surface area contributed by atoms with Crippen LogP contribution in [-0.2, 0) is 11.3 Å². The highest BCUT2D eigenvalue weighted by Gasteiger charge is 2.32. The van der Waals surface area contributed by atoms with Gasteiger partial charge in [0, 0.05) is 37.6 Å². The van der Waals surface area contributed by atoms with E-state index in [1.807, 2.05) is 0 Å². The number of benzene rings is 1. The number of alkyl halides is 3. The summed E-state index contributed by atoms with van der Waals surface area (Å²) in [4.78, 5) is 0. The zero-order chi connectivity index (χ0) is 16.9. The third-order valence-electron chi connectivity index (χ3n) is 3.14. The van der Waals surface area contributed by atoms with Crippen LogP contribution in [0.3, 0.4) is 0 Å². The first-order valence-electron chi connectivity index (χ1n) is 6.97. The van der Waals surface area contributed by atoms with E-state index in [9.17, 15) is 13.2 Å². The van der Waals surface area contributed by atoms with Gasteiger partial charge in [0.25, 0.3) is 0 Å². The topological polar surface area (TPSA) is 36.3 Å². The fraction of sp³-hybridized carbons (Fsp3) is 0.312. The van der Waals surface area contributed by atoms with Gasteiger partial charge in [-0.1, -0.05) is 18.7 Å². The highest BCUT2D eigenvalue weighted by Crippen LogP contribution is 2.34. The largest absolute Gasteiger partial charge is 0.573 e. The van der Waals surface area contributed by atoms with E-state index >= 15 is 0 Å². The molecule has 0 amide bonds. The Kier molecular flexibility index (Phi) is 5.44. The molecule has 0 aliphatic rings. The zero-order valence-corrected chi connectivity index (χ0v) is 12.6. The van der Waals surface area contributed by atoms with Gasteiger partial charge in [-0.25, -0.2) is 0 Å². The molecule has 1 aromatic carbocycles. The number of hydrogen-bond acceptors (Lipinski definition) is 3. The van der Waals surface area contributed by atoms with Gasteiger partial charge in [-0.15, -0.1) is 13.2 Å². The highest BCUT2D eigenvalue weighted by atomic mass is 19.4. The summed E-state index contributed by atoms with van der Waals surface area (Å²) in [5.41, 5.74) is 1.56. The van der Waals surface area contributed by atoms with Crippen molar-refractivity contribution in [3.05, 3.63) is 42.7 Å². The average Bonchev–Trinajstić information content (AvgIpc) is 2.95. The molecule has 0 bridgehead atoms. The summed E-state index contributed by atoms with van der Waals surface area (Å²) in [7, 11) is 1.61. The summed E-state index contributed by atoms with van der Waals surface area (Å²) in [5, 5.41) is 4.16. The summed E-state index contributed by atoms with van der Waals surface area (Å²) in [5.74, 6) is -0.264. The van der Waals surface area contributed by atoms with Crippen molar-refractivity contribution in [3.8, 4) is 16.9 Å². The van der Waals surface area contributed by atoms with E-state index in [0.29, 0.717) is 29.8 Å². The van der Waals surface area contributed by atoms with Crippen LogP contribution < -0.4 is 4.74 Å². The summed E-state index contributed by atoms with van der Waals surface area (Å²) in [6.45, 7) is 4.83. The van der Waals surface area contributed by atoms with E-state index in [1.165, 1.54) is 18.3 Å². The Morgan fingerprint density at radius 3 is 2.78 bits per heavy atom. The Morgan fingerprint density at radius 2 is 2.13 bits per heavy atom. The van der Waals surface area contributed by atoms with Crippen molar-refractivity contribution in [2.24, 2.45) is 0 Å². The average molecular weight is 326 g/mol. The van der Waals surface area contributed by atoms with Gasteiger partial charge in [-0.3, -0.25) is 4.68 Å². The maximum atomic E-state index is 12.6. The third-order valence-corrected chi connectivity index (χ3v) is 3.14. The van der Waals surface area contributed by atoms with Crippen molar-refractivity contribution < 1.29 is 22.6 Å². The second-order valence-electron chi connectivity index (χ2n) is 4.85. The molecule has 2 aromatic rings. The molecule has 7 heteroatoms. The predicted octanol–water partition coefficient (Wildman–Crippen LogP) is 4.13. The molecule has 124 valence electrons. The normalized spacial score (nSPS) is 11.5. The van der Waals surface area contributed by atoms with E-state index in [4.69, 9.17) is 4.74 Å². The SMILES string of the molecule is C=Cc1ccc(OC(F)(F)F)c(-c2cnn(CCCOC)c2)c1. The van der Waals surface area contributed by atoms with Gasteiger partial charge in [0.2, 0.25) is 0 Å². The standard InChI is InChI=1S/C16H17F3N2O2/c1-3-12-5-6-15(23-16(17,18)19)14(9-12)13-10-20-21(11-13)7-4-8-22-2/h3,5-6,9-11H,1,4,7-8H2,2H3. The molecule has 0 aliphatic carbocycles. The first-order chi connectivity index (χ1) is 10.9. The highest BCUT2D eigenvalue weighted by molar-refractivity contribution is 5.72. The maximum Gasteiger partial charge on any atom is 0.573 e. The lowest BCUT2D eigenvalue weighted by Gasteiger charge is -2.13. The van der Waals surface area contributed by atoms with Gasteiger partial charge in [0.05, 0.1) is 6.20 Å². The number of aryl methyl sites for hydroxylation is 1. The van der Waals surface area contributed by atoms with Crippen molar-refractivity contribution in [2.45, 2.75) is 19.3 Å². The second kappa shape index (κ2) is 7.32. The number of nitrogens with zero attached hydrogens (tertiary/aromatic N) is 2. The minimum atomic E-state index is -4.75. The minimum absolute atomic E-state index is 0.264. The summed E-state index contributed by atoms with van der Waals surface area (Å²) >= 11 is 0. The zero-order valence-electron chi connectivity index (χ0n) is 12.6. The van der Waals surface area contributed by atoms with E-state index in [0.717, 1.165) is 6.42 Å². The Balaban J connectivity index is 2.30. The molecule has 0 unspecified atom stereocenters. The van der Waals surface area contributed by atoms with Crippen molar-refractivity contribution in [1.82, 2.24) is 9.78 Å². The van der Waals surface area contributed by atoms with Gasteiger partial charge in [-0.2, -0.15) is 5.10 Å². The van der Waals surface area contributed by atoms with Crippen LogP contribution in [0.2, 0.25) is 0 Å².